The van der Waals surface area contributed by atoms with Crippen LogP contribution < -0.4 is 0 Å². The van der Waals surface area contributed by atoms with Crippen molar-refractivity contribution >= 4 is 17.6 Å². The molecule has 1 heterocycles. The molecule has 0 bridgehead atoms. The van der Waals surface area contributed by atoms with Gasteiger partial charge in [-0.15, -0.1) is 11.3 Å². The van der Waals surface area contributed by atoms with E-state index >= 15 is 0 Å². The van der Waals surface area contributed by atoms with E-state index in [2.05, 4.69) is 32.0 Å². The number of benzene rings is 1. The minimum absolute atomic E-state index is 0.782. The molecule has 0 saturated carbocycles. The summed E-state index contributed by atoms with van der Waals surface area (Å²) in [6, 6.07) is 8.37. The SMILES string of the molecule is Cc1cc(C)cc(-c2csc(C=O)c2)c1. The number of carbonyl (C=O) groups excluding carboxylic acids is 1. The second-order valence-corrected chi connectivity index (χ2v) is 4.67. The minimum atomic E-state index is 0.782. The Morgan fingerprint density at radius 1 is 1.00 bits per heavy atom. The zero-order chi connectivity index (χ0) is 10.8. The molecular weight excluding hydrogens is 204 g/mol. The van der Waals surface area contributed by atoms with Crippen LogP contribution in [0.3, 0.4) is 0 Å². The van der Waals surface area contributed by atoms with E-state index in [0.29, 0.717) is 0 Å². The third kappa shape index (κ3) is 2.16. The van der Waals surface area contributed by atoms with E-state index in [1.807, 2.05) is 11.4 Å². The monoisotopic (exact) mass is 216 g/mol. The fraction of sp³-hybridized carbons (Fsp3) is 0.154. The van der Waals surface area contributed by atoms with Gasteiger partial charge in [0.15, 0.2) is 6.29 Å². The van der Waals surface area contributed by atoms with E-state index in [-0.39, 0.29) is 0 Å². The molecule has 0 aliphatic carbocycles. The highest BCUT2D eigenvalue weighted by Gasteiger charge is 2.02. The molecule has 2 aromatic rings. The summed E-state index contributed by atoms with van der Waals surface area (Å²) >= 11 is 1.49. The lowest BCUT2D eigenvalue weighted by Gasteiger charge is -2.02. The van der Waals surface area contributed by atoms with Crippen LogP contribution in [0.15, 0.2) is 29.6 Å². The largest absolute Gasteiger partial charge is 0.297 e. The van der Waals surface area contributed by atoms with Gasteiger partial charge in [-0.05, 0) is 36.4 Å². The van der Waals surface area contributed by atoms with Gasteiger partial charge in [0.25, 0.3) is 0 Å². The summed E-state index contributed by atoms with van der Waals surface area (Å²) in [5.74, 6) is 0. The van der Waals surface area contributed by atoms with Crippen LogP contribution in [0.25, 0.3) is 11.1 Å². The van der Waals surface area contributed by atoms with E-state index in [9.17, 15) is 4.79 Å². The Hall–Kier alpha value is -1.41. The molecule has 0 unspecified atom stereocenters. The van der Waals surface area contributed by atoms with Gasteiger partial charge in [0.2, 0.25) is 0 Å². The molecule has 0 N–H and O–H groups in total. The van der Waals surface area contributed by atoms with Crippen LogP contribution in [0.5, 0.6) is 0 Å². The van der Waals surface area contributed by atoms with Crippen LogP contribution in [0.4, 0.5) is 0 Å². The summed E-state index contributed by atoms with van der Waals surface area (Å²) in [5, 5.41) is 2.03. The van der Waals surface area contributed by atoms with Crippen LogP contribution >= 0.6 is 11.3 Å². The molecule has 0 aliphatic rings. The number of rotatable bonds is 2. The van der Waals surface area contributed by atoms with E-state index in [1.54, 1.807) is 0 Å². The second-order valence-electron chi connectivity index (χ2n) is 3.73. The Kier molecular flexibility index (Phi) is 2.69. The maximum absolute atomic E-state index is 10.6. The van der Waals surface area contributed by atoms with Gasteiger partial charge < -0.3 is 0 Å². The molecule has 15 heavy (non-hydrogen) atoms. The van der Waals surface area contributed by atoms with Gasteiger partial charge in [-0.3, -0.25) is 4.79 Å². The topological polar surface area (TPSA) is 17.1 Å². The molecule has 2 heteroatoms. The van der Waals surface area contributed by atoms with E-state index in [0.717, 1.165) is 16.7 Å². The van der Waals surface area contributed by atoms with Crippen LogP contribution in [-0.2, 0) is 0 Å². The Morgan fingerprint density at radius 3 is 2.20 bits per heavy atom. The highest BCUT2D eigenvalue weighted by Crippen LogP contribution is 2.26. The number of aldehydes is 1. The van der Waals surface area contributed by atoms with Gasteiger partial charge in [-0.1, -0.05) is 29.3 Å². The van der Waals surface area contributed by atoms with Crippen molar-refractivity contribution < 1.29 is 4.79 Å². The molecule has 0 amide bonds. The molecule has 0 fully saturated rings. The van der Waals surface area contributed by atoms with Crippen LogP contribution in [0.2, 0.25) is 0 Å². The number of aryl methyl sites for hydroxylation is 2. The second kappa shape index (κ2) is 3.99. The predicted octanol–water partition coefficient (Wildman–Crippen LogP) is 3.84. The zero-order valence-corrected chi connectivity index (χ0v) is 9.60. The van der Waals surface area contributed by atoms with Gasteiger partial charge in [0.1, 0.15) is 0 Å². The van der Waals surface area contributed by atoms with Crippen molar-refractivity contribution in [2.45, 2.75) is 13.8 Å². The first-order chi connectivity index (χ1) is 7.19. The van der Waals surface area contributed by atoms with E-state index < -0.39 is 0 Å². The number of hydrogen-bond donors (Lipinski definition) is 0. The number of carbonyl (C=O) groups is 1. The van der Waals surface area contributed by atoms with Crippen molar-refractivity contribution in [3.63, 3.8) is 0 Å². The Morgan fingerprint density at radius 2 is 1.67 bits per heavy atom. The first kappa shape index (κ1) is 10.1. The highest BCUT2D eigenvalue weighted by molar-refractivity contribution is 7.12. The molecule has 0 spiro atoms. The molecular formula is C13H12OS. The quantitative estimate of drug-likeness (QED) is 0.697. The molecule has 0 saturated heterocycles. The number of thiophene rings is 1. The van der Waals surface area contributed by atoms with Crippen LogP contribution in [0.1, 0.15) is 20.8 Å². The molecule has 2 rings (SSSR count). The van der Waals surface area contributed by atoms with Gasteiger partial charge in [-0.2, -0.15) is 0 Å². The van der Waals surface area contributed by atoms with E-state index in [1.165, 1.54) is 28.0 Å². The maximum Gasteiger partial charge on any atom is 0.160 e. The van der Waals surface area contributed by atoms with Gasteiger partial charge in [-0.25, -0.2) is 0 Å². The van der Waals surface area contributed by atoms with Gasteiger partial charge in [0, 0.05) is 0 Å². The molecule has 1 aromatic carbocycles. The lowest BCUT2D eigenvalue weighted by molar-refractivity contribution is 0.112. The highest BCUT2D eigenvalue weighted by atomic mass is 32.1. The fourth-order valence-corrected chi connectivity index (χ4v) is 2.43. The fourth-order valence-electron chi connectivity index (χ4n) is 1.71. The summed E-state index contributed by atoms with van der Waals surface area (Å²) in [4.78, 5) is 11.4. The summed E-state index contributed by atoms with van der Waals surface area (Å²) in [6.07, 6.45) is 0.900. The predicted molar refractivity (Wildman–Crippen MR) is 64.6 cm³/mol. The smallest absolute Gasteiger partial charge is 0.160 e. The molecule has 76 valence electrons. The van der Waals surface area contributed by atoms with Crippen molar-refractivity contribution in [2.75, 3.05) is 0 Å². The van der Waals surface area contributed by atoms with Gasteiger partial charge in [0.05, 0.1) is 4.88 Å². The molecule has 0 aliphatic heterocycles. The lowest BCUT2D eigenvalue weighted by Crippen LogP contribution is -1.80. The maximum atomic E-state index is 10.6. The lowest BCUT2D eigenvalue weighted by atomic mass is 10.0. The third-order valence-electron chi connectivity index (χ3n) is 2.29. The standard InChI is InChI=1S/C13H12OS/c1-9-3-10(2)5-11(4-9)12-6-13(7-14)15-8-12/h3-8H,1-2H3. The summed E-state index contributed by atoms with van der Waals surface area (Å²) in [5.41, 5.74) is 4.83. The summed E-state index contributed by atoms with van der Waals surface area (Å²) in [7, 11) is 0. The Bertz CT molecular complexity index is 477. The average Bonchev–Trinajstić information content (AvgIpc) is 2.64. The van der Waals surface area contributed by atoms with Crippen molar-refractivity contribution in [3.05, 3.63) is 45.6 Å². The zero-order valence-electron chi connectivity index (χ0n) is 8.78. The van der Waals surface area contributed by atoms with Crippen molar-refractivity contribution in [1.29, 1.82) is 0 Å². The van der Waals surface area contributed by atoms with Gasteiger partial charge >= 0.3 is 0 Å². The van der Waals surface area contributed by atoms with E-state index in [4.69, 9.17) is 0 Å². The minimum Gasteiger partial charge on any atom is -0.297 e. The Balaban J connectivity index is 2.48. The molecule has 1 nitrogen and oxygen atoms in total. The first-order valence-electron chi connectivity index (χ1n) is 4.81. The first-order valence-corrected chi connectivity index (χ1v) is 5.69. The average molecular weight is 216 g/mol. The van der Waals surface area contributed by atoms with Crippen molar-refractivity contribution in [1.82, 2.24) is 0 Å². The number of hydrogen-bond acceptors (Lipinski definition) is 2. The van der Waals surface area contributed by atoms with Crippen LogP contribution in [0, 0.1) is 13.8 Å². The molecule has 1 aromatic heterocycles. The normalized spacial score (nSPS) is 10.3. The molecule has 0 atom stereocenters. The van der Waals surface area contributed by atoms with Crippen LogP contribution in [-0.4, -0.2) is 6.29 Å². The molecule has 0 radical (unpaired) electrons. The van der Waals surface area contributed by atoms with Crippen molar-refractivity contribution in [2.24, 2.45) is 0 Å². The Labute approximate surface area is 93.4 Å². The summed E-state index contributed by atoms with van der Waals surface area (Å²) < 4.78 is 0. The summed E-state index contributed by atoms with van der Waals surface area (Å²) in [6.45, 7) is 4.17. The van der Waals surface area contributed by atoms with Crippen molar-refractivity contribution in [3.8, 4) is 11.1 Å². The third-order valence-corrected chi connectivity index (χ3v) is 3.15.